The second-order valence-electron chi connectivity index (χ2n) is 6.01. The molecule has 1 aromatic carbocycles. The van der Waals surface area contributed by atoms with Crippen LogP contribution in [0, 0.1) is 5.82 Å². The molecule has 2 heterocycles. The summed E-state index contributed by atoms with van der Waals surface area (Å²) in [5, 5.41) is 2.50. The molecule has 0 aliphatic carbocycles. The standard InChI is InChI=1S/C18H16F3N5O3/c1-10-5-18(8-19,26-17(22)29-10)12-4-11(2-3-13(12)21)25-16(27)14-6-24-15(7-23-14)28-9-20/h2-7H,8-9H2,1H3,(H2,22,26)(H,25,27)/t18-/m1/s1. The summed E-state index contributed by atoms with van der Waals surface area (Å²) in [5.74, 6) is -1.24. The Morgan fingerprint density at radius 3 is 2.72 bits per heavy atom. The SMILES string of the molecule is CC1=C[C@@](CF)(c2cc(NC(=O)c3cnc(OCF)cn3)ccc2F)N=C(N)O1. The van der Waals surface area contributed by atoms with Crippen LogP contribution in [0.3, 0.4) is 0 Å². The van der Waals surface area contributed by atoms with E-state index >= 15 is 0 Å². The van der Waals surface area contributed by atoms with Gasteiger partial charge in [-0.15, -0.1) is 0 Å². The molecule has 1 aromatic heterocycles. The molecule has 29 heavy (non-hydrogen) atoms. The monoisotopic (exact) mass is 407 g/mol. The van der Waals surface area contributed by atoms with Crippen molar-refractivity contribution < 1.29 is 27.4 Å². The first-order chi connectivity index (χ1) is 13.9. The zero-order valence-corrected chi connectivity index (χ0v) is 15.2. The Morgan fingerprint density at radius 2 is 2.10 bits per heavy atom. The number of allylic oxidation sites excluding steroid dienone is 1. The van der Waals surface area contributed by atoms with Crippen molar-refractivity contribution in [1.29, 1.82) is 0 Å². The van der Waals surface area contributed by atoms with E-state index in [-0.39, 0.29) is 34.6 Å². The molecule has 0 unspecified atom stereocenters. The van der Waals surface area contributed by atoms with E-state index in [1.165, 1.54) is 25.1 Å². The van der Waals surface area contributed by atoms with Gasteiger partial charge in [0.1, 0.15) is 29.5 Å². The highest BCUT2D eigenvalue weighted by Crippen LogP contribution is 2.35. The third-order valence-electron chi connectivity index (χ3n) is 3.97. The van der Waals surface area contributed by atoms with Crippen LogP contribution in [0.25, 0.3) is 0 Å². The number of aliphatic imine (C=N–C) groups is 1. The summed E-state index contributed by atoms with van der Waals surface area (Å²) in [6.07, 6.45) is 3.47. The van der Waals surface area contributed by atoms with Gasteiger partial charge in [0, 0.05) is 11.3 Å². The molecule has 0 saturated heterocycles. The number of nitrogens with zero attached hydrogens (tertiary/aromatic N) is 3. The first-order valence-electron chi connectivity index (χ1n) is 8.27. The molecular weight excluding hydrogens is 391 g/mol. The Balaban J connectivity index is 1.89. The summed E-state index contributed by atoms with van der Waals surface area (Å²) in [5.41, 5.74) is 3.79. The number of carbonyl (C=O) groups is 1. The van der Waals surface area contributed by atoms with Gasteiger partial charge in [-0.3, -0.25) is 4.79 Å². The molecule has 8 nitrogen and oxygen atoms in total. The largest absolute Gasteiger partial charge is 0.445 e. The van der Waals surface area contributed by atoms with Crippen LogP contribution >= 0.6 is 0 Å². The predicted octanol–water partition coefficient (Wildman–Crippen LogP) is 2.59. The lowest BCUT2D eigenvalue weighted by atomic mass is 9.89. The van der Waals surface area contributed by atoms with Crippen molar-refractivity contribution in [1.82, 2.24) is 9.97 Å². The fraction of sp³-hybridized carbons (Fsp3) is 0.222. The van der Waals surface area contributed by atoms with Crippen LogP contribution in [0.4, 0.5) is 18.9 Å². The quantitative estimate of drug-likeness (QED) is 0.761. The average Bonchev–Trinajstić information content (AvgIpc) is 2.69. The summed E-state index contributed by atoms with van der Waals surface area (Å²) in [6, 6.07) is 3.30. The predicted molar refractivity (Wildman–Crippen MR) is 97.1 cm³/mol. The number of ether oxygens (including phenoxy) is 2. The average molecular weight is 407 g/mol. The molecule has 0 radical (unpaired) electrons. The van der Waals surface area contributed by atoms with Crippen LogP contribution < -0.4 is 15.8 Å². The maximum atomic E-state index is 14.5. The highest BCUT2D eigenvalue weighted by molar-refractivity contribution is 6.02. The van der Waals surface area contributed by atoms with E-state index in [2.05, 4.69) is 25.0 Å². The molecule has 1 aliphatic rings. The Hall–Kier alpha value is -3.63. The van der Waals surface area contributed by atoms with E-state index in [1.54, 1.807) is 0 Å². The number of halogens is 3. The van der Waals surface area contributed by atoms with E-state index in [0.29, 0.717) is 0 Å². The number of hydrogen-bond acceptors (Lipinski definition) is 7. The summed E-state index contributed by atoms with van der Waals surface area (Å²) in [7, 11) is 0. The molecule has 3 rings (SSSR count). The lowest BCUT2D eigenvalue weighted by Crippen LogP contribution is -2.34. The van der Waals surface area contributed by atoms with Crippen molar-refractivity contribution in [3.8, 4) is 5.88 Å². The number of alkyl halides is 2. The molecule has 0 saturated carbocycles. The molecule has 1 amide bonds. The van der Waals surface area contributed by atoms with Crippen molar-refractivity contribution >= 4 is 17.6 Å². The number of carbonyl (C=O) groups excluding carboxylic acids is 1. The van der Waals surface area contributed by atoms with Crippen molar-refractivity contribution in [2.24, 2.45) is 10.7 Å². The number of benzene rings is 1. The van der Waals surface area contributed by atoms with E-state index in [9.17, 15) is 18.0 Å². The molecule has 0 bridgehead atoms. The summed E-state index contributed by atoms with van der Waals surface area (Å²) in [4.78, 5) is 23.8. The van der Waals surface area contributed by atoms with Crippen molar-refractivity contribution in [2.75, 3.05) is 18.9 Å². The molecule has 3 N–H and O–H groups in total. The lowest BCUT2D eigenvalue weighted by molar-refractivity contribution is 0.102. The van der Waals surface area contributed by atoms with Gasteiger partial charge in [-0.1, -0.05) is 0 Å². The molecule has 11 heteroatoms. The number of amidine groups is 1. The minimum absolute atomic E-state index is 0.0878. The molecule has 0 spiro atoms. The van der Waals surface area contributed by atoms with Crippen LogP contribution in [-0.2, 0) is 10.3 Å². The maximum Gasteiger partial charge on any atom is 0.288 e. The Morgan fingerprint density at radius 1 is 1.31 bits per heavy atom. The minimum atomic E-state index is -1.72. The highest BCUT2D eigenvalue weighted by atomic mass is 19.1. The van der Waals surface area contributed by atoms with Crippen LogP contribution in [0.15, 0.2) is 47.4 Å². The van der Waals surface area contributed by atoms with Gasteiger partial charge in [0.2, 0.25) is 12.7 Å². The number of nitrogens with one attached hydrogen (secondary N) is 1. The van der Waals surface area contributed by atoms with Crippen LogP contribution in [0.2, 0.25) is 0 Å². The molecular formula is C18H16F3N5O3. The lowest BCUT2D eigenvalue weighted by Gasteiger charge is -2.29. The molecule has 0 fully saturated rings. The second-order valence-corrected chi connectivity index (χ2v) is 6.01. The van der Waals surface area contributed by atoms with Gasteiger partial charge in [0.15, 0.2) is 0 Å². The topological polar surface area (TPSA) is 112 Å². The van der Waals surface area contributed by atoms with E-state index in [4.69, 9.17) is 10.5 Å². The van der Waals surface area contributed by atoms with Crippen molar-refractivity contribution in [3.05, 3.63) is 59.5 Å². The number of amides is 1. The van der Waals surface area contributed by atoms with Gasteiger partial charge in [-0.25, -0.2) is 28.1 Å². The first-order valence-corrected chi connectivity index (χ1v) is 8.27. The second kappa shape index (κ2) is 8.17. The number of aromatic nitrogens is 2. The van der Waals surface area contributed by atoms with E-state index in [0.717, 1.165) is 18.5 Å². The fourth-order valence-electron chi connectivity index (χ4n) is 2.75. The summed E-state index contributed by atoms with van der Waals surface area (Å²) < 4.78 is 50.1. The van der Waals surface area contributed by atoms with E-state index < -0.39 is 30.8 Å². The van der Waals surface area contributed by atoms with Gasteiger partial charge in [0.05, 0.1) is 12.4 Å². The Bertz CT molecular complexity index is 961. The van der Waals surface area contributed by atoms with Gasteiger partial charge < -0.3 is 20.5 Å². The van der Waals surface area contributed by atoms with Crippen LogP contribution in [-0.4, -0.2) is 35.4 Å². The number of anilines is 1. The van der Waals surface area contributed by atoms with E-state index in [1.807, 2.05) is 0 Å². The molecule has 2 aromatic rings. The highest BCUT2D eigenvalue weighted by Gasteiger charge is 2.36. The fourth-order valence-corrected chi connectivity index (χ4v) is 2.75. The zero-order chi connectivity index (χ0) is 21.0. The molecule has 1 aliphatic heterocycles. The molecule has 152 valence electrons. The van der Waals surface area contributed by atoms with Gasteiger partial charge in [-0.05, 0) is 31.2 Å². The Kier molecular flexibility index (Phi) is 5.66. The van der Waals surface area contributed by atoms with Crippen LogP contribution in [0.5, 0.6) is 5.88 Å². The molecule has 1 atom stereocenters. The van der Waals surface area contributed by atoms with Crippen molar-refractivity contribution in [3.63, 3.8) is 0 Å². The van der Waals surface area contributed by atoms with Gasteiger partial charge in [-0.2, -0.15) is 0 Å². The Labute approximate surface area is 163 Å². The number of hydrogen-bond donors (Lipinski definition) is 2. The smallest absolute Gasteiger partial charge is 0.288 e. The maximum absolute atomic E-state index is 14.5. The third-order valence-corrected chi connectivity index (χ3v) is 3.97. The normalized spacial score (nSPS) is 18.3. The first kappa shape index (κ1) is 20.1. The zero-order valence-electron chi connectivity index (χ0n) is 15.2. The minimum Gasteiger partial charge on any atom is -0.445 e. The van der Waals surface area contributed by atoms with Crippen LogP contribution in [0.1, 0.15) is 23.0 Å². The number of rotatable bonds is 6. The number of nitrogens with two attached hydrogens (primary N) is 1. The van der Waals surface area contributed by atoms with Gasteiger partial charge in [0.25, 0.3) is 11.9 Å². The summed E-state index contributed by atoms with van der Waals surface area (Å²) in [6.45, 7) is -0.629. The van der Waals surface area contributed by atoms with Gasteiger partial charge >= 0.3 is 0 Å². The van der Waals surface area contributed by atoms with Crippen molar-refractivity contribution in [2.45, 2.75) is 12.5 Å². The summed E-state index contributed by atoms with van der Waals surface area (Å²) >= 11 is 0. The third kappa shape index (κ3) is 4.28.